The fourth-order valence-corrected chi connectivity index (χ4v) is 3.96. The van der Waals surface area contributed by atoms with Gasteiger partial charge in [0.05, 0.1) is 28.3 Å². The van der Waals surface area contributed by atoms with Crippen LogP contribution in [0, 0.1) is 0 Å². The number of likely N-dealkylation sites (N-methyl/N-ethyl adjacent to an activating group) is 1. The molecule has 0 N–H and O–H groups in total. The van der Waals surface area contributed by atoms with Crippen molar-refractivity contribution < 1.29 is 23.6 Å². The summed E-state index contributed by atoms with van der Waals surface area (Å²) in [6.45, 7) is 0. The highest BCUT2D eigenvalue weighted by molar-refractivity contribution is 6.34. The SMILES string of the molecule is COC(=O)C(C1(c2ccccc2)C(=O)c2ccccc2C1=O)[N+](C)(C)C. The first-order valence-corrected chi connectivity index (χ1v) is 8.39. The van der Waals surface area contributed by atoms with Crippen molar-refractivity contribution in [3.63, 3.8) is 0 Å². The van der Waals surface area contributed by atoms with Gasteiger partial charge in [-0.25, -0.2) is 4.79 Å². The molecule has 1 atom stereocenters. The lowest BCUT2D eigenvalue weighted by Crippen LogP contribution is -2.65. The zero-order chi connectivity index (χ0) is 19.1. The predicted octanol–water partition coefficient (Wildman–Crippen LogP) is 2.25. The summed E-state index contributed by atoms with van der Waals surface area (Å²) in [5.41, 5.74) is -0.432. The third-order valence-corrected chi connectivity index (χ3v) is 4.97. The second-order valence-electron chi connectivity index (χ2n) is 7.42. The number of hydrogen-bond donors (Lipinski definition) is 0. The zero-order valence-corrected chi connectivity index (χ0v) is 15.4. The van der Waals surface area contributed by atoms with E-state index in [2.05, 4.69) is 0 Å². The van der Waals surface area contributed by atoms with Crippen molar-refractivity contribution in [2.24, 2.45) is 0 Å². The Bertz CT molecular complexity index is 845. The number of fused-ring (bicyclic) bond motifs is 1. The molecule has 26 heavy (non-hydrogen) atoms. The van der Waals surface area contributed by atoms with Crippen molar-refractivity contribution in [3.05, 3.63) is 71.3 Å². The molecule has 0 amide bonds. The molecular weight excluding hydrogens is 330 g/mol. The average Bonchev–Trinajstić information content (AvgIpc) is 2.84. The van der Waals surface area contributed by atoms with Crippen molar-refractivity contribution in [1.29, 1.82) is 0 Å². The van der Waals surface area contributed by atoms with Gasteiger partial charge >= 0.3 is 5.97 Å². The summed E-state index contributed by atoms with van der Waals surface area (Å²) < 4.78 is 5.11. The van der Waals surface area contributed by atoms with Crippen LogP contribution >= 0.6 is 0 Å². The number of carbonyl (C=O) groups excluding carboxylic acids is 3. The van der Waals surface area contributed by atoms with Crippen LogP contribution in [-0.2, 0) is 14.9 Å². The van der Waals surface area contributed by atoms with Crippen molar-refractivity contribution in [2.75, 3.05) is 28.3 Å². The van der Waals surface area contributed by atoms with Gasteiger partial charge in [-0.2, -0.15) is 0 Å². The molecule has 0 bridgehead atoms. The number of nitrogens with zero attached hydrogens (tertiary/aromatic N) is 1. The number of rotatable bonds is 4. The van der Waals surface area contributed by atoms with Crippen molar-refractivity contribution in [1.82, 2.24) is 0 Å². The van der Waals surface area contributed by atoms with Gasteiger partial charge < -0.3 is 9.22 Å². The topological polar surface area (TPSA) is 60.4 Å². The molecule has 2 aromatic carbocycles. The molecule has 0 spiro atoms. The molecule has 5 heteroatoms. The largest absolute Gasteiger partial charge is 0.465 e. The number of Topliss-reactive ketones (excluding diaryl/α,β-unsaturated/α-hetero) is 2. The number of hydrogen-bond acceptors (Lipinski definition) is 4. The standard InChI is InChI=1S/C21H22NO4/c1-22(2,3)17(20(25)26-4)21(14-10-6-5-7-11-14)18(23)15-12-8-9-13-16(15)19(21)24/h5-13,17H,1-4H3/q+1. The van der Waals surface area contributed by atoms with E-state index in [1.54, 1.807) is 69.7 Å². The van der Waals surface area contributed by atoms with E-state index in [1.165, 1.54) is 7.11 Å². The molecule has 1 unspecified atom stereocenters. The highest BCUT2D eigenvalue weighted by atomic mass is 16.5. The van der Waals surface area contributed by atoms with Gasteiger partial charge in [0.2, 0.25) is 6.04 Å². The van der Waals surface area contributed by atoms with Crippen LogP contribution in [0.4, 0.5) is 0 Å². The molecule has 2 aromatic rings. The number of benzene rings is 2. The van der Waals surface area contributed by atoms with E-state index in [4.69, 9.17) is 4.74 Å². The van der Waals surface area contributed by atoms with Crippen LogP contribution < -0.4 is 0 Å². The molecule has 0 fully saturated rings. The summed E-state index contributed by atoms with van der Waals surface area (Å²) in [7, 11) is 6.64. The lowest BCUT2D eigenvalue weighted by Gasteiger charge is -2.41. The van der Waals surface area contributed by atoms with Gasteiger partial charge in [0.1, 0.15) is 0 Å². The summed E-state index contributed by atoms with van der Waals surface area (Å²) in [6, 6.07) is 14.5. The van der Waals surface area contributed by atoms with E-state index >= 15 is 0 Å². The van der Waals surface area contributed by atoms with E-state index in [0.717, 1.165) is 0 Å². The molecule has 1 aliphatic rings. The fourth-order valence-electron chi connectivity index (χ4n) is 3.96. The Hall–Kier alpha value is -2.79. The fraction of sp³-hybridized carbons (Fsp3) is 0.286. The third-order valence-electron chi connectivity index (χ3n) is 4.97. The Labute approximate surface area is 152 Å². The van der Waals surface area contributed by atoms with Crippen LogP contribution in [0.1, 0.15) is 26.3 Å². The molecule has 3 rings (SSSR count). The molecule has 0 aromatic heterocycles. The maximum absolute atomic E-state index is 13.6. The van der Waals surface area contributed by atoms with Crippen molar-refractivity contribution in [3.8, 4) is 0 Å². The summed E-state index contributed by atoms with van der Waals surface area (Å²) in [5.74, 6) is -1.30. The number of ether oxygens (including phenoxy) is 1. The van der Waals surface area contributed by atoms with Crippen LogP contribution in [0.2, 0.25) is 0 Å². The Kier molecular flexibility index (Phi) is 4.28. The zero-order valence-electron chi connectivity index (χ0n) is 15.4. The molecule has 0 radical (unpaired) electrons. The molecule has 5 nitrogen and oxygen atoms in total. The first-order chi connectivity index (χ1) is 12.3. The van der Waals surface area contributed by atoms with Gasteiger partial charge in [0.15, 0.2) is 17.0 Å². The third kappa shape index (κ3) is 2.39. The highest BCUT2D eigenvalue weighted by Crippen LogP contribution is 2.45. The predicted molar refractivity (Wildman–Crippen MR) is 97.1 cm³/mol. The van der Waals surface area contributed by atoms with Gasteiger partial charge in [0, 0.05) is 11.1 Å². The lowest BCUT2D eigenvalue weighted by molar-refractivity contribution is -0.889. The number of carbonyl (C=O) groups is 3. The van der Waals surface area contributed by atoms with Crippen LogP contribution in [0.15, 0.2) is 54.6 Å². The average molecular weight is 352 g/mol. The minimum Gasteiger partial charge on any atom is -0.465 e. The van der Waals surface area contributed by atoms with Crippen molar-refractivity contribution >= 4 is 17.5 Å². The lowest BCUT2D eigenvalue weighted by atomic mass is 9.69. The minimum absolute atomic E-state index is 0.0764. The van der Waals surface area contributed by atoms with E-state index in [0.29, 0.717) is 16.7 Å². The van der Waals surface area contributed by atoms with E-state index in [1.807, 2.05) is 6.07 Å². The summed E-state index contributed by atoms with van der Waals surface area (Å²) in [5, 5.41) is 0. The normalized spacial score (nSPS) is 16.9. The van der Waals surface area contributed by atoms with Crippen LogP contribution in [0.25, 0.3) is 0 Å². The molecule has 0 aliphatic heterocycles. The second kappa shape index (κ2) is 6.18. The molecule has 134 valence electrons. The van der Waals surface area contributed by atoms with Gasteiger partial charge in [-0.3, -0.25) is 9.59 Å². The minimum atomic E-state index is -1.64. The first kappa shape index (κ1) is 18.0. The van der Waals surface area contributed by atoms with E-state index in [9.17, 15) is 14.4 Å². The number of quaternary nitrogens is 1. The van der Waals surface area contributed by atoms with Gasteiger partial charge in [-0.05, 0) is 5.56 Å². The van der Waals surface area contributed by atoms with Crippen LogP contribution in [0.3, 0.4) is 0 Å². The van der Waals surface area contributed by atoms with Crippen LogP contribution in [-0.4, -0.2) is 56.3 Å². The monoisotopic (exact) mass is 352 g/mol. The number of methoxy groups -OCH3 is 1. The Morgan fingerprint density at radius 2 is 1.35 bits per heavy atom. The summed E-state index contributed by atoms with van der Waals surface area (Å²) in [6.07, 6.45) is 0. The van der Waals surface area contributed by atoms with Gasteiger partial charge in [-0.15, -0.1) is 0 Å². The van der Waals surface area contributed by atoms with Gasteiger partial charge in [0.25, 0.3) is 0 Å². The molecular formula is C21H22NO4+. The highest BCUT2D eigenvalue weighted by Gasteiger charge is 2.66. The second-order valence-corrected chi connectivity index (χ2v) is 7.42. The molecule has 0 saturated carbocycles. The Morgan fingerprint density at radius 1 is 0.885 bits per heavy atom. The maximum atomic E-state index is 13.6. The molecule has 0 saturated heterocycles. The number of esters is 1. The quantitative estimate of drug-likeness (QED) is 0.481. The molecule has 1 aliphatic carbocycles. The Balaban J connectivity index is 2.39. The molecule has 0 heterocycles. The Morgan fingerprint density at radius 3 is 1.77 bits per heavy atom. The summed E-state index contributed by atoms with van der Waals surface area (Å²) >= 11 is 0. The van der Waals surface area contributed by atoms with Crippen molar-refractivity contribution in [2.45, 2.75) is 11.5 Å². The van der Waals surface area contributed by atoms with Crippen LogP contribution in [0.5, 0.6) is 0 Å². The summed E-state index contributed by atoms with van der Waals surface area (Å²) in [4.78, 5) is 40.0. The van der Waals surface area contributed by atoms with Gasteiger partial charge in [-0.1, -0.05) is 54.6 Å². The van der Waals surface area contributed by atoms with E-state index in [-0.39, 0.29) is 16.0 Å². The maximum Gasteiger partial charge on any atom is 0.366 e. The smallest absolute Gasteiger partial charge is 0.366 e. The first-order valence-electron chi connectivity index (χ1n) is 8.39. The number of ketones is 2. The van der Waals surface area contributed by atoms with E-state index < -0.39 is 17.4 Å².